The summed E-state index contributed by atoms with van der Waals surface area (Å²) < 4.78 is 19.0. The molecular weight excluding hydrogens is 271 g/mol. The maximum atomic E-state index is 13.3. The standard InChI is InChI=1S/C16H21FN2O2/c17-12-4-1-3-11(9-12)15-10-19(7-8-21-15)16(20)13-5-2-6-14(13)18/h1,3-4,9,13-15H,2,5-8,10,18H2. The molecule has 4 nitrogen and oxygen atoms in total. The van der Waals surface area contributed by atoms with E-state index in [1.807, 2.05) is 11.0 Å². The molecule has 1 saturated heterocycles. The number of carbonyl (C=O) groups excluding carboxylic acids is 1. The number of hydrogen-bond donors (Lipinski definition) is 1. The normalized spacial score (nSPS) is 29.6. The number of halogens is 1. The average Bonchev–Trinajstić information content (AvgIpc) is 2.93. The van der Waals surface area contributed by atoms with Crippen LogP contribution in [0.25, 0.3) is 0 Å². The molecule has 3 rings (SSSR count). The third kappa shape index (κ3) is 3.09. The smallest absolute Gasteiger partial charge is 0.227 e. The van der Waals surface area contributed by atoms with Crippen LogP contribution in [0.1, 0.15) is 30.9 Å². The van der Waals surface area contributed by atoms with Crippen molar-refractivity contribution in [1.29, 1.82) is 0 Å². The summed E-state index contributed by atoms with van der Waals surface area (Å²) in [6, 6.07) is 6.37. The van der Waals surface area contributed by atoms with Crippen molar-refractivity contribution in [2.24, 2.45) is 11.7 Å². The Bertz CT molecular complexity index is 523. The van der Waals surface area contributed by atoms with E-state index in [4.69, 9.17) is 10.5 Å². The molecule has 1 saturated carbocycles. The molecule has 1 aromatic rings. The van der Waals surface area contributed by atoms with E-state index in [1.54, 1.807) is 6.07 Å². The van der Waals surface area contributed by atoms with Crippen molar-refractivity contribution in [1.82, 2.24) is 4.90 Å². The van der Waals surface area contributed by atoms with Crippen LogP contribution in [0.4, 0.5) is 4.39 Å². The van der Waals surface area contributed by atoms with E-state index in [2.05, 4.69) is 0 Å². The lowest BCUT2D eigenvalue weighted by Gasteiger charge is -2.35. The second kappa shape index (κ2) is 6.12. The van der Waals surface area contributed by atoms with Crippen LogP contribution in [0.3, 0.4) is 0 Å². The van der Waals surface area contributed by atoms with Crippen molar-refractivity contribution < 1.29 is 13.9 Å². The highest BCUT2D eigenvalue weighted by molar-refractivity contribution is 5.80. The van der Waals surface area contributed by atoms with Gasteiger partial charge < -0.3 is 15.4 Å². The van der Waals surface area contributed by atoms with E-state index in [1.165, 1.54) is 12.1 Å². The lowest BCUT2D eigenvalue weighted by molar-refractivity contribution is -0.143. The Morgan fingerprint density at radius 2 is 2.24 bits per heavy atom. The predicted molar refractivity (Wildman–Crippen MR) is 77.0 cm³/mol. The van der Waals surface area contributed by atoms with Crippen LogP contribution in [0.5, 0.6) is 0 Å². The van der Waals surface area contributed by atoms with Crippen molar-refractivity contribution in [3.8, 4) is 0 Å². The summed E-state index contributed by atoms with van der Waals surface area (Å²) in [5.74, 6) is -0.210. The number of nitrogens with zero attached hydrogens (tertiary/aromatic N) is 1. The minimum absolute atomic E-state index is 0.0204. The van der Waals surface area contributed by atoms with Gasteiger partial charge in [-0.15, -0.1) is 0 Å². The molecule has 1 aliphatic heterocycles. The second-order valence-electron chi connectivity index (χ2n) is 5.90. The maximum absolute atomic E-state index is 13.3. The summed E-state index contributed by atoms with van der Waals surface area (Å²) in [7, 11) is 0. The van der Waals surface area contributed by atoms with Crippen LogP contribution >= 0.6 is 0 Å². The molecule has 1 aliphatic carbocycles. The summed E-state index contributed by atoms with van der Waals surface area (Å²) in [4.78, 5) is 14.4. The molecule has 1 heterocycles. The van der Waals surface area contributed by atoms with Crippen molar-refractivity contribution in [2.45, 2.75) is 31.4 Å². The third-order valence-electron chi connectivity index (χ3n) is 4.49. The number of amides is 1. The predicted octanol–water partition coefficient (Wildman–Crippen LogP) is 1.85. The fraction of sp³-hybridized carbons (Fsp3) is 0.562. The van der Waals surface area contributed by atoms with Gasteiger partial charge in [0.15, 0.2) is 0 Å². The molecule has 1 amide bonds. The van der Waals surface area contributed by atoms with Gasteiger partial charge in [-0.3, -0.25) is 4.79 Å². The summed E-state index contributed by atoms with van der Waals surface area (Å²) in [5.41, 5.74) is 6.80. The molecule has 3 unspecified atom stereocenters. The van der Waals surface area contributed by atoms with Crippen molar-refractivity contribution >= 4 is 5.91 Å². The summed E-state index contributed by atoms with van der Waals surface area (Å²) in [6.45, 7) is 1.55. The molecule has 21 heavy (non-hydrogen) atoms. The number of morpholine rings is 1. The van der Waals surface area contributed by atoms with Gasteiger partial charge in [0, 0.05) is 12.6 Å². The zero-order valence-electron chi connectivity index (χ0n) is 12.0. The van der Waals surface area contributed by atoms with Crippen molar-refractivity contribution in [2.75, 3.05) is 19.7 Å². The number of ether oxygens (including phenoxy) is 1. The van der Waals surface area contributed by atoms with E-state index >= 15 is 0 Å². The van der Waals surface area contributed by atoms with Crippen molar-refractivity contribution in [3.63, 3.8) is 0 Å². The summed E-state index contributed by atoms with van der Waals surface area (Å²) >= 11 is 0. The zero-order chi connectivity index (χ0) is 14.8. The Balaban J connectivity index is 1.69. The highest BCUT2D eigenvalue weighted by Crippen LogP contribution is 2.29. The summed E-state index contributed by atoms with van der Waals surface area (Å²) in [6.07, 6.45) is 2.57. The fourth-order valence-electron chi connectivity index (χ4n) is 3.29. The number of hydrogen-bond acceptors (Lipinski definition) is 3. The molecule has 3 atom stereocenters. The fourth-order valence-corrected chi connectivity index (χ4v) is 3.29. The third-order valence-corrected chi connectivity index (χ3v) is 4.49. The van der Waals surface area contributed by atoms with Crippen molar-refractivity contribution in [3.05, 3.63) is 35.6 Å². The first-order valence-corrected chi connectivity index (χ1v) is 7.56. The van der Waals surface area contributed by atoms with Crippen LogP contribution < -0.4 is 5.73 Å². The molecule has 2 N–H and O–H groups in total. The lowest BCUT2D eigenvalue weighted by Crippen LogP contribution is -2.47. The summed E-state index contributed by atoms with van der Waals surface area (Å²) in [5, 5.41) is 0. The Hall–Kier alpha value is -1.46. The van der Waals surface area contributed by atoms with E-state index < -0.39 is 0 Å². The van der Waals surface area contributed by atoms with Crippen LogP contribution in [0.15, 0.2) is 24.3 Å². The molecule has 1 aromatic carbocycles. The SMILES string of the molecule is NC1CCCC1C(=O)N1CCOC(c2cccc(F)c2)C1. The van der Waals surface area contributed by atoms with Crippen LogP contribution in [-0.2, 0) is 9.53 Å². The zero-order valence-corrected chi connectivity index (χ0v) is 12.0. The molecular formula is C16H21FN2O2. The molecule has 0 spiro atoms. The molecule has 2 fully saturated rings. The van der Waals surface area contributed by atoms with Gasteiger partial charge in [-0.05, 0) is 30.5 Å². The van der Waals surface area contributed by atoms with Crippen LogP contribution in [0.2, 0.25) is 0 Å². The topological polar surface area (TPSA) is 55.6 Å². The Morgan fingerprint density at radius 3 is 2.95 bits per heavy atom. The minimum atomic E-state index is -0.280. The Morgan fingerprint density at radius 1 is 1.38 bits per heavy atom. The largest absolute Gasteiger partial charge is 0.370 e. The number of nitrogens with two attached hydrogens (primary N) is 1. The molecule has 0 radical (unpaired) electrons. The molecule has 2 aliphatic rings. The number of carbonyl (C=O) groups is 1. The van der Waals surface area contributed by atoms with Gasteiger partial charge in [0.1, 0.15) is 11.9 Å². The highest BCUT2D eigenvalue weighted by Gasteiger charge is 2.35. The van der Waals surface area contributed by atoms with Gasteiger partial charge in [-0.2, -0.15) is 0 Å². The van der Waals surface area contributed by atoms with E-state index in [-0.39, 0.29) is 29.8 Å². The Labute approximate surface area is 124 Å². The van der Waals surface area contributed by atoms with E-state index in [9.17, 15) is 9.18 Å². The molecule has 0 aromatic heterocycles. The first-order valence-electron chi connectivity index (χ1n) is 7.56. The van der Waals surface area contributed by atoms with E-state index in [0.29, 0.717) is 19.7 Å². The molecule has 114 valence electrons. The maximum Gasteiger partial charge on any atom is 0.227 e. The quantitative estimate of drug-likeness (QED) is 0.905. The van der Waals surface area contributed by atoms with E-state index in [0.717, 1.165) is 24.8 Å². The molecule has 5 heteroatoms. The monoisotopic (exact) mass is 292 g/mol. The van der Waals surface area contributed by atoms with Gasteiger partial charge in [-0.1, -0.05) is 18.6 Å². The first-order chi connectivity index (χ1) is 10.1. The van der Waals surface area contributed by atoms with Crippen LogP contribution in [-0.4, -0.2) is 36.5 Å². The van der Waals surface area contributed by atoms with Gasteiger partial charge in [0.2, 0.25) is 5.91 Å². The van der Waals surface area contributed by atoms with Gasteiger partial charge in [0.25, 0.3) is 0 Å². The second-order valence-corrected chi connectivity index (χ2v) is 5.90. The molecule has 0 bridgehead atoms. The Kier molecular flexibility index (Phi) is 4.22. The number of benzene rings is 1. The lowest BCUT2D eigenvalue weighted by atomic mass is 10.0. The average molecular weight is 292 g/mol. The highest BCUT2D eigenvalue weighted by atomic mass is 19.1. The first kappa shape index (κ1) is 14.5. The van der Waals surface area contributed by atoms with Gasteiger partial charge >= 0.3 is 0 Å². The number of rotatable bonds is 2. The van der Waals surface area contributed by atoms with Crippen LogP contribution in [0, 0.1) is 11.7 Å². The van der Waals surface area contributed by atoms with Gasteiger partial charge in [-0.25, -0.2) is 4.39 Å². The minimum Gasteiger partial charge on any atom is -0.370 e. The van der Waals surface area contributed by atoms with Gasteiger partial charge in [0.05, 0.1) is 19.1 Å².